The Labute approximate surface area is 369 Å². The van der Waals surface area contributed by atoms with Gasteiger partial charge < -0.3 is 44.6 Å². The van der Waals surface area contributed by atoms with Gasteiger partial charge in [0.2, 0.25) is 0 Å². The summed E-state index contributed by atoms with van der Waals surface area (Å²) in [6.45, 7) is 3.02. The first-order chi connectivity index (χ1) is 29.9. The topological polar surface area (TPSA) is 222 Å². The van der Waals surface area contributed by atoms with Crippen LogP contribution < -0.4 is 0 Å². The fourth-order valence-electron chi connectivity index (χ4n) is 6.39. The van der Waals surface area contributed by atoms with Crippen LogP contribution in [0.2, 0.25) is 0 Å². The van der Waals surface area contributed by atoms with Gasteiger partial charge in [-0.2, -0.15) is 0 Å². The number of ether oxygens (including phenoxy) is 3. The molecule has 0 amide bonds. The molecule has 6 N–H and O–H groups in total. The smallest absolute Gasteiger partial charge is 0.462 e. The van der Waals surface area contributed by atoms with Crippen molar-refractivity contribution in [1.29, 1.82) is 0 Å². The third-order valence-corrected chi connectivity index (χ3v) is 11.1. The molecule has 352 valence electrons. The van der Waals surface area contributed by atoms with Gasteiger partial charge >= 0.3 is 19.8 Å². The maximum absolute atomic E-state index is 12.8. The van der Waals surface area contributed by atoms with E-state index in [4.69, 9.17) is 23.3 Å². The maximum Gasteiger partial charge on any atom is 0.472 e. The molecule has 5 unspecified atom stereocenters. The van der Waals surface area contributed by atoms with E-state index in [-0.39, 0.29) is 12.8 Å². The molecule has 2 fully saturated rings. The van der Waals surface area contributed by atoms with Crippen molar-refractivity contribution in [2.24, 2.45) is 0 Å². The highest BCUT2D eigenvalue weighted by molar-refractivity contribution is 7.47. The van der Waals surface area contributed by atoms with Gasteiger partial charge in [-0.25, -0.2) is 4.57 Å². The van der Waals surface area contributed by atoms with Gasteiger partial charge in [-0.3, -0.25) is 18.6 Å². The van der Waals surface area contributed by atoms with Crippen molar-refractivity contribution in [3.8, 4) is 0 Å². The van der Waals surface area contributed by atoms with Crippen molar-refractivity contribution in [2.45, 2.75) is 184 Å². The van der Waals surface area contributed by atoms with Crippen molar-refractivity contribution in [1.82, 2.24) is 0 Å². The number of hydrogen-bond acceptors (Lipinski definition) is 13. The zero-order valence-electron chi connectivity index (χ0n) is 36.8. The molecule has 1 aliphatic carbocycles. The first-order valence-electron chi connectivity index (χ1n) is 22.5. The van der Waals surface area contributed by atoms with Crippen LogP contribution in [0, 0.1) is 0 Å². The molecular weight excluding hydrogens is 819 g/mol. The van der Waals surface area contributed by atoms with Crippen LogP contribution in [-0.2, 0) is 37.4 Å². The van der Waals surface area contributed by atoms with Gasteiger partial charge in [0, 0.05) is 12.8 Å². The van der Waals surface area contributed by atoms with Crippen LogP contribution in [0.4, 0.5) is 0 Å². The van der Waals surface area contributed by atoms with Gasteiger partial charge in [-0.1, -0.05) is 125 Å². The number of unbranched alkanes of at least 4 members (excludes halogenated alkanes) is 6. The lowest BCUT2D eigenvalue weighted by atomic mass is 9.85. The largest absolute Gasteiger partial charge is 0.472 e. The molecule has 1 saturated heterocycles. The number of carbonyl (C=O) groups is 2. The van der Waals surface area contributed by atoms with Crippen molar-refractivity contribution >= 4 is 19.8 Å². The Kier molecular flexibility index (Phi) is 29.8. The van der Waals surface area contributed by atoms with E-state index in [2.05, 4.69) is 80.7 Å². The number of aliphatic hydroxyl groups is 5. The number of rotatable bonds is 34. The summed E-state index contributed by atoms with van der Waals surface area (Å²) in [5, 5.41) is 50.1. The van der Waals surface area contributed by atoms with Gasteiger partial charge in [0.1, 0.15) is 43.2 Å². The van der Waals surface area contributed by atoms with E-state index >= 15 is 0 Å². The van der Waals surface area contributed by atoms with E-state index in [1.54, 1.807) is 0 Å². The normalized spacial score (nSPS) is 25.9. The Balaban J connectivity index is 1.75. The van der Waals surface area contributed by atoms with Crippen LogP contribution in [0.3, 0.4) is 0 Å². The Morgan fingerprint density at radius 1 is 0.581 bits per heavy atom. The predicted octanol–water partition coefficient (Wildman–Crippen LogP) is 7.48. The lowest BCUT2D eigenvalue weighted by molar-refractivity contribution is -0.220. The summed E-state index contributed by atoms with van der Waals surface area (Å²) in [5.41, 5.74) is 0. The summed E-state index contributed by atoms with van der Waals surface area (Å²) < 4.78 is 39.1. The molecule has 1 aliphatic heterocycles. The second-order valence-corrected chi connectivity index (χ2v) is 17.0. The molecule has 2 aliphatic rings. The van der Waals surface area contributed by atoms with E-state index in [1.807, 2.05) is 18.2 Å². The number of aliphatic hydroxyl groups excluding tert-OH is 5. The second kappa shape index (κ2) is 33.5. The zero-order valence-corrected chi connectivity index (χ0v) is 37.7. The highest BCUT2D eigenvalue weighted by Crippen LogP contribution is 2.47. The summed E-state index contributed by atoms with van der Waals surface area (Å²) >= 11 is 0. The van der Waals surface area contributed by atoms with Crippen LogP contribution in [0.25, 0.3) is 0 Å². The van der Waals surface area contributed by atoms with E-state index < -0.39 is 75.7 Å². The van der Waals surface area contributed by atoms with Gasteiger partial charge in [0.15, 0.2) is 6.10 Å². The van der Waals surface area contributed by atoms with Crippen molar-refractivity contribution in [3.63, 3.8) is 0 Å². The number of epoxide rings is 1. The molecule has 62 heavy (non-hydrogen) atoms. The predicted molar refractivity (Wildman–Crippen MR) is 239 cm³/mol. The molecule has 1 saturated carbocycles. The highest BCUT2D eigenvalue weighted by atomic mass is 31.2. The van der Waals surface area contributed by atoms with Crippen molar-refractivity contribution in [3.05, 3.63) is 85.1 Å². The average molecular weight is 895 g/mol. The first kappa shape index (κ1) is 55.1. The minimum Gasteiger partial charge on any atom is -0.462 e. The summed E-state index contributed by atoms with van der Waals surface area (Å²) in [6, 6.07) is 0. The molecule has 0 aromatic rings. The fourth-order valence-corrected chi connectivity index (χ4v) is 7.36. The van der Waals surface area contributed by atoms with Gasteiger partial charge in [-0.15, -0.1) is 0 Å². The fraction of sp³-hybridized carbons (Fsp3) is 0.660. The summed E-state index contributed by atoms with van der Waals surface area (Å²) in [6.07, 6.45) is 31.2. The van der Waals surface area contributed by atoms with Crippen LogP contribution in [0.1, 0.15) is 129 Å². The Hall–Kier alpha value is -3.01. The molecule has 14 nitrogen and oxygen atoms in total. The Bertz CT molecular complexity index is 1470. The number of esters is 2. The maximum atomic E-state index is 12.8. The van der Waals surface area contributed by atoms with E-state index in [9.17, 15) is 44.6 Å². The third kappa shape index (κ3) is 25.3. The molecule has 0 spiro atoms. The van der Waals surface area contributed by atoms with Crippen LogP contribution in [0.5, 0.6) is 0 Å². The third-order valence-electron chi connectivity index (χ3n) is 10.1. The number of phosphoric ester groups is 1. The average Bonchev–Trinajstić information content (AvgIpc) is 4.01. The quantitative estimate of drug-likeness (QED) is 0.0121. The van der Waals surface area contributed by atoms with E-state index in [0.717, 1.165) is 83.5 Å². The SMILES string of the molecule is CC/C=C\CC1OC1C/C=C\C/C=C\C/C=C\C/C=C\CCC(=O)O[C@H](COC(=O)CCCCCCC/C=C\C/C=C\CCC)COP(=O)(O)OC1[C@H](O)[C@H](O)C(O)[C@H](O)[C@H]1O. The molecule has 0 aromatic carbocycles. The van der Waals surface area contributed by atoms with Crippen LogP contribution in [0.15, 0.2) is 85.1 Å². The Morgan fingerprint density at radius 3 is 1.68 bits per heavy atom. The minimum atomic E-state index is -5.15. The number of allylic oxidation sites excluding steroid dienone is 12. The van der Waals surface area contributed by atoms with Crippen molar-refractivity contribution in [2.75, 3.05) is 13.2 Å². The zero-order chi connectivity index (χ0) is 45.4. The molecule has 0 aromatic heterocycles. The molecule has 2 rings (SSSR count). The molecule has 10 atom stereocenters. The standard InChI is InChI=1S/C47H75O14P/c1-3-5-7-8-9-10-11-12-16-19-22-25-29-33-40(48)57-35-37(36-58-62(55,56)61-47-45(53)43(51)42(50)44(52)46(47)54)59-41(49)34-30-26-23-20-17-14-13-15-18-21-24-28-32-39-38(60-39)31-27-6-4-2/h6-8,10-11,14-15,17-18,23-24,26-28,37-39,42-47,50-54H,3-5,9,12-13,16,19-22,25,29-36H2,1-2H3,(H,55,56)/b8-7-,11-10-,17-14-,18-15-,26-23-,27-6-,28-24-/t37-,38?,39?,42?,43-,44+,45-,46-,47?/m1/s1. The molecule has 0 radical (unpaired) electrons. The highest BCUT2D eigenvalue weighted by Gasteiger charge is 2.51. The number of hydrogen-bond donors (Lipinski definition) is 6. The Morgan fingerprint density at radius 2 is 1.08 bits per heavy atom. The first-order valence-corrected chi connectivity index (χ1v) is 24.0. The van der Waals surface area contributed by atoms with Crippen molar-refractivity contribution < 1.29 is 67.8 Å². The molecular formula is C47H75O14P. The summed E-state index contributed by atoms with van der Waals surface area (Å²) in [7, 11) is -5.15. The molecule has 15 heteroatoms. The van der Waals surface area contributed by atoms with E-state index in [0.29, 0.717) is 31.5 Å². The van der Waals surface area contributed by atoms with Crippen LogP contribution in [-0.4, -0.2) is 111 Å². The number of carbonyl (C=O) groups excluding carboxylic acids is 2. The molecule has 0 bridgehead atoms. The minimum absolute atomic E-state index is 0.0397. The van der Waals surface area contributed by atoms with Crippen LogP contribution >= 0.6 is 7.82 Å². The second-order valence-electron chi connectivity index (χ2n) is 15.6. The van der Waals surface area contributed by atoms with Gasteiger partial charge in [0.25, 0.3) is 0 Å². The lowest BCUT2D eigenvalue weighted by Crippen LogP contribution is -2.64. The van der Waals surface area contributed by atoms with Gasteiger partial charge in [-0.05, 0) is 77.0 Å². The molecule has 1 heterocycles. The summed E-state index contributed by atoms with van der Waals surface area (Å²) in [5.74, 6) is -1.23. The van der Waals surface area contributed by atoms with E-state index in [1.165, 1.54) is 0 Å². The monoisotopic (exact) mass is 894 g/mol. The lowest BCUT2D eigenvalue weighted by Gasteiger charge is -2.41. The summed E-state index contributed by atoms with van der Waals surface area (Å²) in [4.78, 5) is 35.6. The van der Waals surface area contributed by atoms with Gasteiger partial charge in [0.05, 0.1) is 18.8 Å². The number of phosphoric acid groups is 1.